The zero-order valence-corrected chi connectivity index (χ0v) is 16.9. The molecule has 1 atom stereocenters. The molecule has 1 saturated heterocycles. The molecule has 0 saturated carbocycles. The van der Waals surface area contributed by atoms with E-state index in [2.05, 4.69) is 51.0 Å². The summed E-state index contributed by atoms with van der Waals surface area (Å²) < 4.78 is 2.16. The minimum Gasteiger partial charge on any atom is -0.373 e. The maximum atomic E-state index is 4.91. The van der Waals surface area contributed by atoms with Crippen molar-refractivity contribution >= 4 is 11.8 Å². The second-order valence-corrected chi connectivity index (χ2v) is 7.96. The highest BCUT2D eigenvalue weighted by Crippen LogP contribution is 2.32. The lowest BCUT2D eigenvalue weighted by atomic mass is 9.97. The van der Waals surface area contributed by atoms with E-state index in [1.807, 2.05) is 7.05 Å². The van der Waals surface area contributed by atoms with Gasteiger partial charge in [-0.3, -0.25) is 0 Å². The maximum Gasteiger partial charge on any atom is 0.227 e. The fourth-order valence-electron chi connectivity index (χ4n) is 4.29. The molecule has 146 valence electrons. The van der Waals surface area contributed by atoms with Gasteiger partial charge in [0.2, 0.25) is 5.95 Å². The second-order valence-electron chi connectivity index (χ2n) is 7.96. The first-order valence-electron chi connectivity index (χ1n) is 9.92. The molecule has 2 aliphatic rings. The summed E-state index contributed by atoms with van der Waals surface area (Å²) in [5.41, 5.74) is 2.52. The van der Waals surface area contributed by atoms with Gasteiger partial charge in [0.25, 0.3) is 0 Å². The van der Waals surface area contributed by atoms with Gasteiger partial charge in [-0.2, -0.15) is 4.98 Å². The number of nitrogens with zero attached hydrogens (tertiary/aromatic N) is 7. The quantitative estimate of drug-likeness (QED) is 0.856. The summed E-state index contributed by atoms with van der Waals surface area (Å²) in [5, 5.41) is 12.2. The van der Waals surface area contributed by atoms with Gasteiger partial charge in [-0.15, -0.1) is 10.2 Å². The predicted molar refractivity (Wildman–Crippen MR) is 106 cm³/mol. The molecule has 27 heavy (non-hydrogen) atoms. The normalized spacial score (nSPS) is 19.6. The van der Waals surface area contributed by atoms with Crippen LogP contribution < -0.4 is 10.2 Å². The van der Waals surface area contributed by atoms with Crippen molar-refractivity contribution in [2.75, 3.05) is 44.4 Å². The van der Waals surface area contributed by atoms with Crippen LogP contribution in [0.2, 0.25) is 0 Å². The van der Waals surface area contributed by atoms with Crippen LogP contribution in [-0.4, -0.2) is 63.9 Å². The molecule has 8 heteroatoms. The average Bonchev–Trinajstić information content (AvgIpc) is 3.28. The smallest absolute Gasteiger partial charge is 0.227 e. The molecular weight excluding hydrogens is 340 g/mol. The van der Waals surface area contributed by atoms with Crippen molar-refractivity contribution in [1.82, 2.24) is 29.6 Å². The van der Waals surface area contributed by atoms with Gasteiger partial charge in [-0.1, -0.05) is 0 Å². The van der Waals surface area contributed by atoms with Crippen molar-refractivity contribution in [3.63, 3.8) is 0 Å². The number of hydrogen-bond donors (Lipinski definition) is 1. The Morgan fingerprint density at radius 2 is 2.00 bits per heavy atom. The van der Waals surface area contributed by atoms with Gasteiger partial charge in [0.05, 0.1) is 12.2 Å². The van der Waals surface area contributed by atoms with Crippen LogP contribution in [-0.2, 0) is 26.4 Å². The van der Waals surface area contributed by atoms with Crippen LogP contribution in [0.5, 0.6) is 0 Å². The molecule has 0 aromatic carbocycles. The first-order chi connectivity index (χ1) is 13.1. The summed E-state index contributed by atoms with van der Waals surface area (Å²) in [5.74, 6) is 4.31. The van der Waals surface area contributed by atoms with Crippen LogP contribution in [0.15, 0.2) is 0 Å². The predicted octanol–water partition coefficient (Wildman–Crippen LogP) is 1.58. The van der Waals surface area contributed by atoms with Crippen molar-refractivity contribution in [3.8, 4) is 0 Å². The third-order valence-corrected chi connectivity index (χ3v) is 5.68. The first kappa shape index (κ1) is 18.2. The zero-order chi connectivity index (χ0) is 19.0. The van der Waals surface area contributed by atoms with E-state index in [1.54, 1.807) is 0 Å². The van der Waals surface area contributed by atoms with Crippen LogP contribution in [0.1, 0.15) is 48.1 Å². The number of hydrogen-bond acceptors (Lipinski definition) is 7. The molecule has 3 heterocycles. The fourth-order valence-corrected chi connectivity index (χ4v) is 4.29. The molecule has 1 N–H and O–H groups in total. The van der Waals surface area contributed by atoms with Gasteiger partial charge in [0, 0.05) is 38.7 Å². The highest BCUT2D eigenvalue weighted by atomic mass is 15.3. The van der Waals surface area contributed by atoms with Crippen molar-refractivity contribution in [2.24, 2.45) is 7.05 Å². The van der Waals surface area contributed by atoms with E-state index in [4.69, 9.17) is 9.97 Å². The lowest BCUT2D eigenvalue weighted by Gasteiger charge is -2.32. The Morgan fingerprint density at radius 1 is 1.15 bits per heavy atom. The van der Waals surface area contributed by atoms with Crippen molar-refractivity contribution < 1.29 is 0 Å². The molecule has 0 radical (unpaired) electrons. The van der Waals surface area contributed by atoms with E-state index in [1.165, 1.54) is 17.7 Å². The topological polar surface area (TPSA) is 75.0 Å². The Labute approximate surface area is 161 Å². The number of rotatable bonds is 5. The van der Waals surface area contributed by atoms with Crippen LogP contribution in [0.4, 0.5) is 11.8 Å². The largest absolute Gasteiger partial charge is 0.373 e. The van der Waals surface area contributed by atoms with Crippen molar-refractivity contribution in [3.05, 3.63) is 22.9 Å². The van der Waals surface area contributed by atoms with E-state index in [0.717, 1.165) is 68.7 Å². The summed E-state index contributed by atoms with van der Waals surface area (Å²) in [4.78, 5) is 14.2. The van der Waals surface area contributed by atoms with Crippen LogP contribution >= 0.6 is 0 Å². The number of aryl methyl sites for hydroxylation is 1. The Bertz CT molecular complexity index is 812. The monoisotopic (exact) mass is 370 g/mol. The van der Waals surface area contributed by atoms with E-state index < -0.39 is 0 Å². The standard InChI is InChI=1S/C19H30N8/c1-20-17-14-8-5-9-15(14)21-19(22-17)27-10-6-7-13(11-27)18-24-23-16(26(18)4)12-25(2)3/h13H,5-12H2,1-4H3,(H,20,21,22)/t13-/m0/s1. The van der Waals surface area contributed by atoms with Crippen molar-refractivity contribution in [1.29, 1.82) is 0 Å². The van der Waals surface area contributed by atoms with Gasteiger partial charge in [-0.25, -0.2) is 4.98 Å². The van der Waals surface area contributed by atoms with Crippen LogP contribution in [0, 0.1) is 0 Å². The third kappa shape index (κ3) is 3.50. The van der Waals surface area contributed by atoms with E-state index >= 15 is 0 Å². The summed E-state index contributed by atoms with van der Waals surface area (Å²) >= 11 is 0. The molecule has 4 rings (SSSR count). The van der Waals surface area contributed by atoms with Gasteiger partial charge in [-0.05, 0) is 46.2 Å². The van der Waals surface area contributed by atoms with Crippen molar-refractivity contribution in [2.45, 2.75) is 44.6 Å². The highest BCUT2D eigenvalue weighted by molar-refractivity contribution is 5.53. The Kier molecular flexibility index (Phi) is 4.99. The number of fused-ring (bicyclic) bond motifs is 1. The number of anilines is 2. The number of aromatic nitrogens is 5. The molecule has 1 fully saturated rings. The Morgan fingerprint density at radius 3 is 2.78 bits per heavy atom. The number of nitrogens with one attached hydrogen (secondary N) is 1. The summed E-state index contributed by atoms with van der Waals surface area (Å²) in [6.45, 7) is 2.70. The van der Waals surface area contributed by atoms with Gasteiger partial charge in [0.1, 0.15) is 17.5 Å². The van der Waals surface area contributed by atoms with Gasteiger partial charge >= 0.3 is 0 Å². The lowest BCUT2D eigenvalue weighted by molar-refractivity contribution is 0.382. The maximum absolute atomic E-state index is 4.91. The molecule has 0 bridgehead atoms. The Balaban J connectivity index is 1.56. The van der Waals surface area contributed by atoms with Crippen LogP contribution in [0.3, 0.4) is 0 Å². The molecule has 2 aromatic rings. The molecule has 1 aliphatic carbocycles. The summed E-state index contributed by atoms with van der Waals surface area (Å²) in [6, 6.07) is 0. The minimum absolute atomic E-state index is 0.363. The summed E-state index contributed by atoms with van der Waals surface area (Å²) in [6.07, 6.45) is 5.58. The number of piperidine rings is 1. The minimum atomic E-state index is 0.363. The average molecular weight is 371 g/mol. The molecular formula is C19H30N8. The molecule has 8 nitrogen and oxygen atoms in total. The SMILES string of the molecule is CNc1nc(N2CCC[C@H](c3nnc(CN(C)C)n3C)C2)nc2c1CCC2. The molecule has 0 unspecified atom stereocenters. The first-order valence-corrected chi connectivity index (χ1v) is 9.92. The third-order valence-electron chi connectivity index (χ3n) is 5.68. The fraction of sp³-hybridized carbons (Fsp3) is 0.684. The second kappa shape index (κ2) is 7.42. The summed E-state index contributed by atoms with van der Waals surface area (Å²) in [7, 11) is 8.15. The lowest BCUT2D eigenvalue weighted by Crippen LogP contribution is -2.36. The van der Waals surface area contributed by atoms with Gasteiger partial charge in [0.15, 0.2) is 0 Å². The zero-order valence-electron chi connectivity index (χ0n) is 16.9. The van der Waals surface area contributed by atoms with E-state index in [-0.39, 0.29) is 0 Å². The molecule has 0 amide bonds. The molecule has 1 aliphatic heterocycles. The van der Waals surface area contributed by atoms with Gasteiger partial charge < -0.3 is 19.7 Å². The van der Waals surface area contributed by atoms with E-state index in [9.17, 15) is 0 Å². The molecule has 0 spiro atoms. The highest BCUT2D eigenvalue weighted by Gasteiger charge is 2.29. The van der Waals surface area contributed by atoms with Crippen LogP contribution in [0.25, 0.3) is 0 Å². The van der Waals surface area contributed by atoms with E-state index in [0.29, 0.717) is 5.92 Å². The Hall–Kier alpha value is -2.22. The molecule has 2 aromatic heterocycles.